The molecule has 1 aromatic rings. The van der Waals surface area contributed by atoms with E-state index in [4.69, 9.17) is 10.5 Å². The van der Waals surface area contributed by atoms with Crippen LogP contribution in [0.4, 0.5) is 0 Å². The van der Waals surface area contributed by atoms with Crippen molar-refractivity contribution in [3.63, 3.8) is 0 Å². The van der Waals surface area contributed by atoms with Gasteiger partial charge in [-0.2, -0.15) is 0 Å². The smallest absolute Gasteiger partial charge is 0.213 e. The Balaban J connectivity index is 2.75. The number of aromatic nitrogens is 1. The Morgan fingerprint density at radius 2 is 2.31 bits per heavy atom. The second kappa shape index (κ2) is 4.82. The minimum absolute atomic E-state index is 0.0279. The Hall–Kier alpha value is -1.09. The molecule has 0 unspecified atom stereocenters. The zero-order chi connectivity index (χ0) is 9.68. The summed E-state index contributed by atoms with van der Waals surface area (Å²) in [5.74, 6) is 0.629. The van der Waals surface area contributed by atoms with Gasteiger partial charge in [0.2, 0.25) is 5.88 Å². The van der Waals surface area contributed by atoms with Gasteiger partial charge >= 0.3 is 0 Å². The molecule has 1 atom stereocenters. The Morgan fingerprint density at radius 3 is 2.92 bits per heavy atom. The van der Waals surface area contributed by atoms with E-state index in [-0.39, 0.29) is 6.04 Å². The van der Waals surface area contributed by atoms with Crippen molar-refractivity contribution in [2.75, 3.05) is 7.11 Å². The Labute approximate surface area is 78.9 Å². The van der Waals surface area contributed by atoms with Crippen molar-refractivity contribution in [2.45, 2.75) is 25.8 Å². The van der Waals surface area contributed by atoms with Crippen molar-refractivity contribution >= 4 is 0 Å². The van der Waals surface area contributed by atoms with Crippen LogP contribution < -0.4 is 10.5 Å². The van der Waals surface area contributed by atoms with Crippen LogP contribution in [-0.2, 0) is 0 Å². The summed E-state index contributed by atoms with van der Waals surface area (Å²) in [5, 5.41) is 0. The van der Waals surface area contributed by atoms with Gasteiger partial charge in [0, 0.05) is 12.1 Å². The van der Waals surface area contributed by atoms with Gasteiger partial charge in [-0.3, -0.25) is 0 Å². The highest BCUT2D eigenvalue weighted by atomic mass is 16.5. The van der Waals surface area contributed by atoms with E-state index >= 15 is 0 Å². The number of hydrogen-bond donors (Lipinski definition) is 1. The van der Waals surface area contributed by atoms with Crippen LogP contribution in [0.3, 0.4) is 0 Å². The molecule has 0 aliphatic rings. The molecule has 13 heavy (non-hydrogen) atoms. The van der Waals surface area contributed by atoms with Crippen LogP contribution in [0, 0.1) is 0 Å². The standard InChI is InChI=1S/C10H16N2O/c1-3-5-8(11)9-6-4-7-10(12-9)13-2/h4,6-8H,3,5,11H2,1-2H3/t8-/m1/s1. The second-order valence-electron chi connectivity index (χ2n) is 3.00. The molecule has 0 saturated heterocycles. The van der Waals surface area contributed by atoms with Gasteiger partial charge in [-0.15, -0.1) is 0 Å². The molecule has 0 amide bonds. The number of methoxy groups -OCH3 is 1. The molecule has 0 aliphatic carbocycles. The van der Waals surface area contributed by atoms with E-state index in [0.29, 0.717) is 5.88 Å². The normalized spacial score (nSPS) is 12.5. The summed E-state index contributed by atoms with van der Waals surface area (Å²) >= 11 is 0. The van der Waals surface area contributed by atoms with E-state index in [1.54, 1.807) is 7.11 Å². The topological polar surface area (TPSA) is 48.1 Å². The lowest BCUT2D eigenvalue weighted by molar-refractivity contribution is 0.394. The molecule has 2 N–H and O–H groups in total. The zero-order valence-electron chi connectivity index (χ0n) is 8.16. The number of nitrogens with two attached hydrogens (primary N) is 1. The first-order chi connectivity index (χ1) is 6.27. The highest BCUT2D eigenvalue weighted by molar-refractivity contribution is 5.17. The van der Waals surface area contributed by atoms with Crippen LogP contribution in [0.2, 0.25) is 0 Å². The molecule has 0 saturated carbocycles. The van der Waals surface area contributed by atoms with E-state index in [1.165, 1.54) is 0 Å². The van der Waals surface area contributed by atoms with E-state index in [1.807, 2.05) is 18.2 Å². The molecule has 3 heteroatoms. The molecular weight excluding hydrogens is 164 g/mol. The Kier molecular flexibility index (Phi) is 3.71. The van der Waals surface area contributed by atoms with Crippen molar-refractivity contribution in [2.24, 2.45) is 5.73 Å². The zero-order valence-corrected chi connectivity index (χ0v) is 8.16. The average Bonchev–Trinajstić information content (AvgIpc) is 2.18. The second-order valence-corrected chi connectivity index (χ2v) is 3.00. The van der Waals surface area contributed by atoms with Gasteiger partial charge in [0.15, 0.2) is 0 Å². The van der Waals surface area contributed by atoms with E-state index in [0.717, 1.165) is 18.5 Å². The Morgan fingerprint density at radius 1 is 1.54 bits per heavy atom. The third-order valence-corrected chi connectivity index (χ3v) is 1.93. The predicted octanol–water partition coefficient (Wildman–Crippen LogP) is 1.89. The van der Waals surface area contributed by atoms with Crippen LogP contribution in [0.5, 0.6) is 5.88 Å². The summed E-state index contributed by atoms with van der Waals surface area (Å²) in [6.07, 6.45) is 2.03. The molecule has 0 spiro atoms. The largest absolute Gasteiger partial charge is 0.481 e. The third kappa shape index (κ3) is 2.70. The number of ether oxygens (including phenoxy) is 1. The lowest BCUT2D eigenvalue weighted by Crippen LogP contribution is -2.11. The Bertz CT molecular complexity index is 263. The lowest BCUT2D eigenvalue weighted by Gasteiger charge is -2.10. The van der Waals surface area contributed by atoms with Gasteiger partial charge < -0.3 is 10.5 Å². The maximum Gasteiger partial charge on any atom is 0.213 e. The number of rotatable bonds is 4. The molecule has 0 fully saturated rings. The molecule has 0 bridgehead atoms. The SMILES string of the molecule is CCC[C@@H](N)c1cccc(OC)n1. The maximum atomic E-state index is 5.91. The molecule has 1 aromatic heterocycles. The quantitative estimate of drug-likeness (QED) is 0.769. The highest BCUT2D eigenvalue weighted by Gasteiger charge is 2.06. The fourth-order valence-corrected chi connectivity index (χ4v) is 1.21. The van der Waals surface area contributed by atoms with E-state index < -0.39 is 0 Å². The number of nitrogens with zero attached hydrogens (tertiary/aromatic N) is 1. The van der Waals surface area contributed by atoms with Gasteiger partial charge in [-0.05, 0) is 12.5 Å². The first-order valence-corrected chi connectivity index (χ1v) is 4.54. The first kappa shape index (κ1) is 9.99. The lowest BCUT2D eigenvalue weighted by atomic mass is 10.1. The molecule has 1 heterocycles. The molecule has 0 aromatic carbocycles. The third-order valence-electron chi connectivity index (χ3n) is 1.93. The average molecular weight is 180 g/mol. The minimum atomic E-state index is 0.0279. The van der Waals surface area contributed by atoms with Crippen molar-refractivity contribution in [1.29, 1.82) is 0 Å². The summed E-state index contributed by atoms with van der Waals surface area (Å²) in [6, 6.07) is 5.70. The van der Waals surface area contributed by atoms with Crippen molar-refractivity contribution in [3.8, 4) is 5.88 Å². The van der Waals surface area contributed by atoms with Crippen LogP contribution in [0.1, 0.15) is 31.5 Å². The molecule has 72 valence electrons. The maximum absolute atomic E-state index is 5.91. The number of pyridine rings is 1. The molecule has 0 aliphatic heterocycles. The van der Waals surface area contributed by atoms with E-state index in [2.05, 4.69) is 11.9 Å². The van der Waals surface area contributed by atoms with Crippen LogP contribution in [-0.4, -0.2) is 12.1 Å². The van der Waals surface area contributed by atoms with Crippen molar-refractivity contribution in [3.05, 3.63) is 23.9 Å². The van der Waals surface area contributed by atoms with Gasteiger partial charge in [0.1, 0.15) is 0 Å². The number of hydrogen-bond acceptors (Lipinski definition) is 3. The summed E-state index contributed by atoms with van der Waals surface area (Å²) < 4.78 is 5.02. The van der Waals surface area contributed by atoms with Gasteiger partial charge in [-0.25, -0.2) is 4.98 Å². The summed E-state index contributed by atoms with van der Waals surface area (Å²) in [5.41, 5.74) is 6.81. The van der Waals surface area contributed by atoms with Crippen LogP contribution in [0.25, 0.3) is 0 Å². The summed E-state index contributed by atoms with van der Waals surface area (Å²) in [4.78, 5) is 4.26. The van der Waals surface area contributed by atoms with E-state index in [9.17, 15) is 0 Å². The predicted molar refractivity (Wildman–Crippen MR) is 52.6 cm³/mol. The van der Waals surface area contributed by atoms with Crippen LogP contribution >= 0.6 is 0 Å². The van der Waals surface area contributed by atoms with Gasteiger partial charge in [-0.1, -0.05) is 19.4 Å². The van der Waals surface area contributed by atoms with Crippen molar-refractivity contribution in [1.82, 2.24) is 4.98 Å². The molecule has 1 rings (SSSR count). The molecular formula is C10H16N2O. The molecule has 3 nitrogen and oxygen atoms in total. The van der Waals surface area contributed by atoms with Gasteiger partial charge in [0.25, 0.3) is 0 Å². The van der Waals surface area contributed by atoms with Crippen molar-refractivity contribution < 1.29 is 4.74 Å². The minimum Gasteiger partial charge on any atom is -0.481 e. The van der Waals surface area contributed by atoms with Gasteiger partial charge in [0.05, 0.1) is 12.8 Å². The molecule has 0 radical (unpaired) electrons. The fraction of sp³-hybridized carbons (Fsp3) is 0.500. The summed E-state index contributed by atoms with van der Waals surface area (Å²) in [6.45, 7) is 2.11. The monoisotopic (exact) mass is 180 g/mol. The first-order valence-electron chi connectivity index (χ1n) is 4.54. The highest BCUT2D eigenvalue weighted by Crippen LogP contribution is 2.15. The van der Waals surface area contributed by atoms with Crippen LogP contribution in [0.15, 0.2) is 18.2 Å². The fourth-order valence-electron chi connectivity index (χ4n) is 1.21. The summed E-state index contributed by atoms with van der Waals surface area (Å²) in [7, 11) is 1.61.